The Labute approximate surface area is 205 Å². The van der Waals surface area contributed by atoms with Gasteiger partial charge in [0.1, 0.15) is 6.10 Å². The van der Waals surface area contributed by atoms with Crippen molar-refractivity contribution in [1.82, 2.24) is 0 Å². The molecule has 34 heavy (non-hydrogen) atoms. The van der Waals surface area contributed by atoms with Gasteiger partial charge in [-0.25, -0.2) is 9.59 Å². The summed E-state index contributed by atoms with van der Waals surface area (Å²) in [6, 6.07) is 9.27. The van der Waals surface area contributed by atoms with Crippen molar-refractivity contribution in [2.75, 3.05) is 5.32 Å². The maximum atomic E-state index is 12.4. The monoisotopic (exact) mass is 473 g/mol. The van der Waals surface area contributed by atoms with E-state index in [2.05, 4.69) is 12.2 Å². The van der Waals surface area contributed by atoms with Crippen LogP contribution in [-0.4, -0.2) is 29.1 Å². The molecule has 2 atom stereocenters. The molecule has 1 amide bonds. The number of esters is 1. The van der Waals surface area contributed by atoms with E-state index in [1.165, 1.54) is 32.1 Å². The number of benzene rings is 1. The van der Waals surface area contributed by atoms with Crippen LogP contribution in [0.25, 0.3) is 0 Å². The smallest absolute Gasteiger partial charge is 0.411 e. The first-order valence-electron chi connectivity index (χ1n) is 13.2. The van der Waals surface area contributed by atoms with E-state index in [1.54, 1.807) is 6.08 Å². The van der Waals surface area contributed by atoms with Gasteiger partial charge in [0.05, 0.1) is 0 Å². The fourth-order valence-electron chi connectivity index (χ4n) is 4.25. The predicted octanol–water partition coefficient (Wildman–Crippen LogP) is 7.28. The van der Waals surface area contributed by atoms with Crippen molar-refractivity contribution in [3.05, 3.63) is 42.0 Å². The molecule has 1 aromatic rings. The van der Waals surface area contributed by atoms with E-state index in [9.17, 15) is 14.7 Å². The molecule has 1 aromatic carbocycles. The highest BCUT2D eigenvalue weighted by Gasteiger charge is 2.37. The van der Waals surface area contributed by atoms with Gasteiger partial charge in [0.25, 0.3) is 0 Å². The Morgan fingerprint density at radius 2 is 1.62 bits per heavy atom. The largest absolute Gasteiger partial charge is 0.446 e. The number of anilines is 1. The van der Waals surface area contributed by atoms with Crippen molar-refractivity contribution in [3.63, 3.8) is 0 Å². The molecule has 2 N–H and O–H groups in total. The van der Waals surface area contributed by atoms with Gasteiger partial charge >= 0.3 is 12.1 Å². The molecule has 0 spiro atoms. The van der Waals surface area contributed by atoms with Crippen molar-refractivity contribution in [2.45, 2.75) is 116 Å². The zero-order valence-electron chi connectivity index (χ0n) is 21.0. The minimum Gasteiger partial charge on any atom is -0.446 e. The number of hydrogen-bond acceptors (Lipinski definition) is 5. The Kier molecular flexibility index (Phi) is 12.8. The molecule has 0 aromatic heterocycles. The lowest BCUT2D eigenvalue weighted by Gasteiger charge is -2.18. The summed E-state index contributed by atoms with van der Waals surface area (Å²) in [7, 11) is 0. The maximum absolute atomic E-state index is 12.4. The van der Waals surface area contributed by atoms with Crippen molar-refractivity contribution in [2.24, 2.45) is 0 Å². The minimum atomic E-state index is -1.47. The predicted molar refractivity (Wildman–Crippen MR) is 135 cm³/mol. The number of carbonyl (C=O) groups is 2. The number of aliphatic hydroxyl groups is 1. The number of para-hydroxylation sites is 1. The van der Waals surface area contributed by atoms with E-state index in [0.717, 1.165) is 32.1 Å². The lowest BCUT2D eigenvalue weighted by Crippen LogP contribution is -2.27. The van der Waals surface area contributed by atoms with Gasteiger partial charge in [-0.15, -0.1) is 0 Å². The molecule has 0 saturated carbocycles. The van der Waals surface area contributed by atoms with Gasteiger partial charge in [0.15, 0.2) is 0 Å². The van der Waals surface area contributed by atoms with Crippen LogP contribution in [0.3, 0.4) is 0 Å². The summed E-state index contributed by atoms with van der Waals surface area (Å²) in [4.78, 5) is 24.6. The van der Waals surface area contributed by atoms with E-state index < -0.39 is 17.8 Å². The number of unbranched alkanes of at least 4 members (excludes halogenated alkanes) is 7. The van der Waals surface area contributed by atoms with Crippen molar-refractivity contribution < 1.29 is 24.2 Å². The number of hydrogen-bond donors (Lipinski definition) is 2. The lowest BCUT2D eigenvalue weighted by molar-refractivity contribution is -0.180. The SMILES string of the molecule is CCCCCCCCCC(CCCC1=CC(O)(CCCC)OC1=O)OC(=O)Nc1ccccc1. The third kappa shape index (κ3) is 10.7. The summed E-state index contributed by atoms with van der Waals surface area (Å²) < 4.78 is 11.0. The van der Waals surface area contributed by atoms with Gasteiger partial charge in [-0.3, -0.25) is 5.32 Å². The van der Waals surface area contributed by atoms with Crippen LogP contribution in [0.15, 0.2) is 42.0 Å². The topological polar surface area (TPSA) is 84.9 Å². The average Bonchev–Trinajstić information content (AvgIpc) is 3.11. The summed E-state index contributed by atoms with van der Waals surface area (Å²) in [5, 5.41) is 13.2. The van der Waals surface area contributed by atoms with Crippen molar-refractivity contribution in [3.8, 4) is 0 Å². The molecule has 0 aliphatic carbocycles. The number of nitrogens with one attached hydrogen (secondary N) is 1. The summed E-state index contributed by atoms with van der Waals surface area (Å²) in [6.07, 6.45) is 14.1. The van der Waals surface area contributed by atoms with Gasteiger partial charge in [-0.2, -0.15) is 0 Å². The van der Waals surface area contributed by atoms with Gasteiger partial charge in [-0.05, 0) is 56.7 Å². The highest BCUT2D eigenvalue weighted by molar-refractivity contribution is 5.91. The third-order valence-electron chi connectivity index (χ3n) is 6.22. The molecule has 0 bridgehead atoms. The molecular weight excluding hydrogens is 430 g/mol. The number of carbonyl (C=O) groups excluding carboxylic acids is 2. The number of ether oxygens (including phenoxy) is 2. The average molecular weight is 474 g/mol. The lowest BCUT2D eigenvalue weighted by atomic mass is 10.0. The van der Waals surface area contributed by atoms with E-state index in [4.69, 9.17) is 9.47 Å². The Morgan fingerprint density at radius 1 is 0.971 bits per heavy atom. The van der Waals surface area contributed by atoms with E-state index in [-0.39, 0.29) is 6.10 Å². The molecule has 1 aliphatic rings. The molecule has 6 nitrogen and oxygen atoms in total. The minimum absolute atomic E-state index is 0.212. The van der Waals surface area contributed by atoms with Crippen molar-refractivity contribution >= 4 is 17.7 Å². The molecule has 1 aliphatic heterocycles. The summed E-state index contributed by atoms with van der Waals surface area (Å²) in [5.74, 6) is -1.91. The zero-order valence-corrected chi connectivity index (χ0v) is 21.0. The number of amides is 1. The number of rotatable bonds is 17. The molecule has 0 fully saturated rings. The third-order valence-corrected chi connectivity index (χ3v) is 6.22. The summed E-state index contributed by atoms with van der Waals surface area (Å²) >= 11 is 0. The highest BCUT2D eigenvalue weighted by Crippen LogP contribution is 2.30. The molecule has 190 valence electrons. The molecule has 6 heteroatoms. The second kappa shape index (κ2) is 15.5. The second-order valence-corrected chi connectivity index (χ2v) is 9.33. The van der Waals surface area contributed by atoms with Crippen LogP contribution in [0.5, 0.6) is 0 Å². The first-order chi connectivity index (χ1) is 16.5. The fraction of sp³-hybridized carbons (Fsp3) is 0.643. The quantitative estimate of drug-likeness (QED) is 0.183. The van der Waals surface area contributed by atoms with E-state index in [1.807, 2.05) is 37.3 Å². The van der Waals surface area contributed by atoms with Crippen LogP contribution >= 0.6 is 0 Å². The van der Waals surface area contributed by atoms with E-state index >= 15 is 0 Å². The number of cyclic esters (lactones) is 1. The first kappa shape index (κ1) is 27.9. The van der Waals surface area contributed by atoms with Crippen LogP contribution in [0.2, 0.25) is 0 Å². The maximum Gasteiger partial charge on any atom is 0.411 e. The zero-order chi connectivity index (χ0) is 24.7. The van der Waals surface area contributed by atoms with Crippen LogP contribution in [0, 0.1) is 0 Å². The summed E-state index contributed by atoms with van der Waals surface area (Å²) in [5.41, 5.74) is 1.22. The molecule has 0 saturated heterocycles. The van der Waals surface area contributed by atoms with E-state index in [0.29, 0.717) is 36.9 Å². The standard InChI is InChI=1S/C28H43NO5/c1-3-5-7-8-9-10-14-19-25(33-27(31)29-24-17-12-11-13-18-24)20-15-16-23-22-28(32,21-6-4-2)34-26(23)30/h11-13,17-18,22,25,32H,3-10,14-16,19-21H2,1-2H3,(H,29,31). The van der Waals surface area contributed by atoms with Crippen LogP contribution < -0.4 is 5.32 Å². The molecular formula is C28H43NO5. The normalized spacial score (nSPS) is 18.3. The van der Waals surface area contributed by atoms with Gasteiger partial charge in [-0.1, -0.05) is 77.0 Å². The first-order valence-corrected chi connectivity index (χ1v) is 13.2. The van der Waals surface area contributed by atoms with Crippen LogP contribution in [-0.2, 0) is 14.3 Å². The molecule has 1 heterocycles. The highest BCUT2D eigenvalue weighted by atomic mass is 16.7. The fourth-order valence-corrected chi connectivity index (χ4v) is 4.25. The van der Waals surface area contributed by atoms with Crippen molar-refractivity contribution in [1.29, 1.82) is 0 Å². The van der Waals surface area contributed by atoms with Crippen LogP contribution in [0.4, 0.5) is 10.5 Å². The molecule has 2 unspecified atom stereocenters. The molecule has 0 radical (unpaired) electrons. The van der Waals surface area contributed by atoms with Gasteiger partial charge in [0.2, 0.25) is 5.79 Å². The Balaban J connectivity index is 1.83. The molecule has 2 rings (SSSR count). The van der Waals surface area contributed by atoms with Gasteiger partial charge in [0, 0.05) is 17.7 Å². The summed E-state index contributed by atoms with van der Waals surface area (Å²) in [6.45, 7) is 4.25. The van der Waals surface area contributed by atoms with Crippen LogP contribution in [0.1, 0.15) is 104 Å². The Morgan fingerprint density at radius 3 is 2.32 bits per heavy atom. The van der Waals surface area contributed by atoms with Gasteiger partial charge < -0.3 is 14.6 Å². The Hall–Kier alpha value is -2.34. The Bertz CT molecular complexity index is 763. The second-order valence-electron chi connectivity index (χ2n) is 9.33.